The summed E-state index contributed by atoms with van der Waals surface area (Å²) in [7, 11) is -5.64. The number of hydrogen-bond donors (Lipinski definition) is 1. The van der Waals surface area contributed by atoms with Gasteiger partial charge in [0.2, 0.25) is 6.29 Å². The first kappa shape index (κ1) is 19.5. The second kappa shape index (κ2) is 7.61. The zero-order valence-corrected chi connectivity index (χ0v) is 16.9. The van der Waals surface area contributed by atoms with E-state index in [1.807, 2.05) is 11.6 Å². The summed E-state index contributed by atoms with van der Waals surface area (Å²) in [5, 5.41) is 0.879. The SMILES string of the molecule is Cc1ccc(S(=O)(=O)NC(=O)OC2CCCC=C([Si](C)(C)C)O2)cc1. The van der Waals surface area contributed by atoms with E-state index in [4.69, 9.17) is 9.47 Å². The van der Waals surface area contributed by atoms with Gasteiger partial charge in [-0.15, -0.1) is 0 Å². The van der Waals surface area contributed by atoms with Crippen molar-refractivity contribution >= 4 is 24.2 Å². The number of carbonyl (C=O) groups is 1. The van der Waals surface area contributed by atoms with Crippen molar-refractivity contribution in [3.8, 4) is 0 Å². The van der Waals surface area contributed by atoms with Crippen LogP contribution in [0.15, 0.2) is 40.6 Å². The molecule has 0 aliphatic carbocycles. The minimum Gasteiger partial charge on any atom is -0.465 e. The summed E-state index contributed by atoms with van der Waals surface area (Å²) in [4.78, 5) is 12.0. The van der Waals surface area contributed by atoms with E-state index >= 15 is 0 Å². The molecule has 1 unspecified atom stereocenters. The maximum Gasteiger partial charge on any atom is 0.424 e. The predicted octanol–water partition coefficient (Wildman–Crippen LogP) is 3.70. The Balaban J connectivity index is 2.02. The largest absolute Gasteiger partial charge is 0.465 e. The molecule has 0 saturated carbocycles. The quantitative estimate of drug-likeness (QED) is 0.802. The average molecular weight is 384 g/mol. The molecule has 25 heavy (non-hydrogen) atoms. The Morgan fingerprint density at radius 2 is 1.88 bits per heavy atom. The average Bonchev–Trinajstić information content (AvgIpc) is 2.72. The number of allylic oxidation sites excluding steroid dienone is 1. The predicted molar refractivity (Wildman–Crippen MR) is 98.1 cm³/mol. The van der Waals surface area contributed by atoms with Crippen LogP contribution in [-0.4, -0.2) is 28.9 Å². The van der Waals surface area contributed by atoms with Gasteiger partial charge in [0.15, 0.2) is 0 Å². The number of nitrogens with one attached hydrogen (secondary N) is 1. The summed E-state index contributed by atoms with van der Waals surface area (Å²) >= 11 is 0. The molecule has 1 atom stereocenters. The summed E-state index contributed by atoms with van der Waals surface area (Å²) in [6.45, 7) is 8.28. The molecule has 1 aliphatic rings. The standard InChI is InChI=1S/C17H25NO5SSi/c1-13-9-11-14(12-10-13)24(20,21)18-17(19)23-15-7-5-6-8-16(22-15)25(2,3)4/h8-12,15H,5-7H2,1-4H3,(H,18,19). The third-order valence-corrected chi connectivity index (χ3v) is 6.89. The van der Waals surface area contributed by atoms with Gasteiger partial charge in [0.25, 0.3) is 10.0 Å². The highest BCUT2D eigenvalue weighted by molar-refractivity contribution is 7.90. The Hall–Kier alpha value is -1.80. The Labute approximate surface area is 150 Å². The molecule has 0 spiro atoms. The van der Waals surface area contributed by atoms with E-state index in [2.05, 4.69) is 25.7 Å². The lowest BCUT2D eigenvalue weighted by atomic mass is 10.2. The lowest BCUT2D eigenvalue weighted by Crippen LogP contribution is -2.36. The van der Waals surface area contributed by atoms with Crippen molar-refractivity contribution in [2.45, 2.75) is 57.0 Å². The van der Waals surface area contributed by atoms with Gasteiger partial charge in [-0.3, -0.25) is 0 Å². The van der Waals surface area contributed by atoms with Crippen molar-refractivity contribution in [2.75, 3.05) is 0 Å². The third kappa shape index (κ3) is 5.60. The van der Waals surface area contributed by atoms with Gasteiger partial charge in [0.1, 0.15) is 8.07 Å². The number of ether oxygens (including phenoxy) is 2. The van der Waals surface area contributed by atoms with Crippen LogP contribution in [0.4, 0.5) is 4.79 Å². The molecule has 0 aromatic heterocycles. The van der Waals surface area contributed by atoms with Crippen molar-refractivity contribution in [1.29, 1.82) is 0 Å². The zero-order chi connectivity index (χ0) is 18.7. The monoisotopic (exact) mass is 383 g/mol. The van der Waals surface area contributed by atoms with Crippen LogP contribution < -0.4 is 4.72 Å². The molecule has 1 heterocycles. The molecule has 2 rings (SSSR count). The number of sulfonamides is 1. The summed E-state index contributed by atoms with van der Waals surface area (Å²) in [5.74, 6) is 0. The van der Waals surface area contributed by atoms with E-state index in [0.29, 0.717) is 6.42 Å². The van der Waals surface area contributed by atoms with Crippen molar-refractivity contribution in [3.05, 3.63) is 41.3 Å². The van der Waals surface area contributed by atoms with Crippen molar-refractivity contribution in [3.63, 3.8) is 0 Å². The molecule has 0 fully saturated rings. The van der Waals surface area contributed by atoms with Gasteiger partial charge in [-0.05, 0) is 31.9 Å². The summed E-state index contributed by atoms with van der Waals surface area (Å²) in [5.41, 5.74) is 0.930. The molecular formula is C17H25NO5SSi. The molecule has 0 radical (unpaired) electrons. The van der Waals surface area contributed by atoms with Crippen LogP contribution in [0.3, 0.4) is 0 Å². The maximum absolute atomic E-state index is 12.2. The van der Waals surface area contributed by atoms with Crippen LogP contribution in [-0.2, 0) is 19.5 Å². The van der Waals surface area contributed by atoms with Gasteiger partial charge in [0, 0.05) is 6.42 Å². The van der Waals surface area contributed by atoms with Crippen LogP contribution >= 0.6 is 0 Å². The molecule has 1 aromatic rings. The number of hydrogen-bond acceptors (Lipinski definition) is 5. The van der Waals surface area contributed by atoms with Crippen molar-refractivity contribution in [2.24, 2.45) is 0 Å². The molecule has 138 valence electrons. The zero-order valence-electron chi connectivity index (χ0n) is 15.0. The molecule has 1 aliphatic heterocycles. The lowest BCUT2D eigenvalue weighted by molar-refractivity contribution is -0.0676. The van der Waals surface area contributed by atoms with Crippen molar-refractivity contribution in [1.82, 2.24) is 4.72 Å². The van der Waals surface area contributed by atoms with E-state index in [-0.39, 0.29) is 4.90 Å². The van der Waals surface area contributed by atoms with Gasteiger partial charge < -0.3 is 9.47 Å². The van der Waals surface area contributed by atoms with E-state index in [0.717, 1.165) is 23.8 Å². The smallest absolute Gasteiger partial charge is 0.424 e. The van der Waals surface area contributed by atoms with Gasteiger partial charge in [-0.25, -0.2) is 17.9 Å². The first-order valence-electron chi connectivity index (χ1n) is 8.25. The number of rotatable bonds is 4. The topological polar surface area (TPSA) is 81.7 Å². The van der Waals surface area contributed by atoms with Crippen LogP contribution in [0, 0.1) is 6.92 Å². The van der Waals surface area contributed by atoms with Gasteiger partial charge in [-0.2, -0.15) is 0 Å². The number of carbonyl (C=O) groups excluding carboxylic acids is 1. The first-order valence-corrected chi connectivity index (χ1v) is 13.2. The highest BCUT2D eigenvalue weighted by Crippen LogP contribution is 2.25. The van der Waals surface area contributed by atoms with Crippen LogP contribution in [0.25, 0.3) is 0 Å². The maximum atomic E-state index is 12.2. The van der Waals surface area contributed by atoms with E-state index in [9.17, 15) is 13.2 Å². The molecular weight excluding hydrogens is 358 g/mol. The lowest BCUT2D eigenvalue weighted by Gasteiger charge is -2.25. The molecule has 0 bridgehead atoms. The Kier molecular flexibility index (Phi) is 5.94. The summed E-state index contributed by atoms with van der Waals surface area (Å²) in [6.07, 6.45) is 2.47. The number of aryl methyl sites for hydroxylation is 1. The summed E-state index contributed by atoms with van der Waals surface area (Å²) < 4.78 is 37.4. The molecule has 6 nitrogen and oxygen atoms in total. The molecule has 0 saturated heterocycles. The highest BCUT2D eigenvalue weighted by Gasteiger charge is 2.29. The van der Waals surface area contributed by atoms with Crippen LogP contribution in [0.1, 0.15) is 24.8 Å². The van der Waals surface area contributed by atoms with Crippen LogP contribution in [0.5, 0.6) is 0 Å². The van der Waals surface area contributed by atoms with E-state index < -0.39 is 30.5 Å². The Bertz CT molecular complexity index is 750. The molecule has 1 N–H and O–H groups in total. The van der Waals surface area contributed by atoms with E-state index in [1.165, 1.54) is 12.1 Å². The fourth-order valence-electron chi connectivity index (χ4n) is 2.36. The Morgan fingerprint density at radius 1 is 1.24 bits per heavy atom. The third-order valence-electron chi connectivity index (χ3n) is 3.76. The Morgan fingerprint density at radius 3 is 2.48 bits per heavy atom. The fourth-order valence-corrected chi connectivity index (χ4v) is 4.48. The first-order chi connectivity index (χ1) is 11.6. The van der Waals surface area contributed by atoms with Gasteiger partial charge in [-0.1, -0.05) is 43.4 Å². The number of benzene rings is 1. The molecule has 8 heteroatoms. The fraction of sp³-hybridized carbons (Fsp3) is 0.471. The summed E-state index contributed by atoms with van der Waals surface area (Å²) in [6, 6.07) is 6.22. The van der Waals surface area contributed by atoms with Gasteiger partial charge >= 0.3 is 6.09 Å². The normalized spacial score (nSPS) is 18.6. The highest BCUT2D eigenvalue weighted by atomic mass is 32.2. The number of amides is 1. The molecule has 1 amide bonds. The second-order valence-electron chi connectivity index (χ2n) is 7.12. The minimum absolute atomic E-state index is 0.0134. The van der Waals surface area contributed by atoms with E-state index in [1.54, 1.807) is 12.1 Å². The minimum atomic E-state index is -3.96. The molecule has 1 aromatic carbocycles. The second-order valence-corrected chi connectivity index (χ2v) is 13.8. The van der Waals surface area contributed by atoms with Crippen molar-refractivity contribution < 1.29 is 22.7 Å². The van der Waals surface area contributed by atoms with Gasteiger partial charge in [0.05, 0.1) is 10.3 Å². The van der Waals surface area contributed by atoms with Crippen LogP contribution in [0.2, 0.25) is 19.6 Å².